The number of sulfonamides is 1. The lowest BCUT2D eigenvalue weighted by molar-refractivity contribution is 0.0697. The van der Waals surface area contributed by atoms with E-state index in [0.717, 1.165) is 4.31 Å². The zero-order valence-corrected chi connectivity index (χ0v) is 12.5. The van der Waals surface area contributed by atoms with E-state index in [1.807, 2.05) is 0 Å². The van der Waals surface area contributed by atoms with Gasteiger partial charge in [-0.25, -0.2) is 17.5 Å². The van der Waals surface area contributed by atoms with E-state index in [1.165, 1.54) is 32.3 Å². The average Bonchev–Trinajstić information content (AvgIpc) is 2.47. The normalized spacial score (nSPS) is 11.6. The molecule has 0 radical (unpaired) electrons. The van der Waals surface area contributed by atoms with Gasteiger partial charge in [-0.3, -0.25) is 0 Å². The lowest BCUT2D eigenvalue weighted by Crippen LogP contribution is -2.22. The summed E-state index contributed by atoms with van der Waals surface area (Å²) >= 11 is 0. The summed E-state index contributed by atoms with van der Waals surface area (Å²) in [6.45, 7) is 0. The van der Waals surface area contributed by atoms with Crippen LogP contribution in [-0.2, 0) is 10.0 Å². The van der Waals surface area contributed by atoms with Gasteiger partial charge in [0.05, 0.1) is 10.5 Å². The Morgan fingerprint density at radius 1 is 1.05 bits per heavy atom. The van der Waals surface area contributed by atoms with Crippen LogP contribution < -0.4 is 0 Å². The number of hydrogen-bond acceptors (Lipinski definition) is 3. The molecular formula is C15H15NO4S. The molecule has 2 aromatic rings. The zero-order valence-electron chi connectivity index (χ0n) is 11.6. The molecule has 0 spiro atoms. The Labute approximate surface area is 123 Å². The first kappa shape index (κ1) is 15.2. The lowest BCUT2D eigenvalue weighted by atomic mass is 10.0. The molecule has 0 bridgehead atoms. The summed E-state index contributed by atoms with van der Waals surface area (Å²) < 4.78 is 25.8. The Bertz CT molecular complexity index is 782. The number of carboxylic acid groups (broad SMARTS) is 1. The fraction of sp³-hybridized carbons (Fsp3) is 0.133. The maximum Gasteiger partial charge on any atom is 0.335 e. The molecule has 21 heavy (non-hydrogen) atoms. The Kier molecular flexibility index (Phi) is 4.11. The van der Waals surface area contributed by atoms with Crippen LogP contribution in [0.5, 0.6) is 0 Å². The molecular weight excluding hydrogens is 290 g/mol. The van der Waals surface area contributed by atoms with Crippen LogP contribution in [0.3, 0.4) is 0 Å². The van der Waals surface area contributed by atoms with Gasteiger partial charge in [0.15, 0.2) is 0 Å². The van der Waals surface area contributed by atoms with Crippen LogP contribution in [-0.4, -0.2) is 37.9 Å². The highest BCUT2D eigenvalue weighted by Crippen LogP contribution is 2.29. The van der Waals surface area contributed by atoms with E-state index in [9.17, 15) is 13.2 Å². The first-order chi connectivity index (χ1) is 9.84. The molecule has 0 aliphatic rings. The summed E-state index contributed by atoms with van der Waals surface area (Å²) in [4.78, 5) is 11.2. The molecule has 0 amide bonds. The number of carbonyl (C=O) groups is 1. The van der Waals surface area contributed by atoms with Crippen molar-refractivity contribution in [1.29, 1.82) is 0 Å². The third kappa shape index (κ3) is 2.96. The predicted octanol–water partition coefficient (Wildman–Crippen LogP) is 2.30. The van der Waals surface area contributed by atoms with Crippen molar-refractivity contribution >= 4 is 16.0 Å². The Balaban J connectivity index is 2.66. The van der Waals surface area contributed by atoms with Crippen LogP contribution in [0, 0.1) is 0 Å². The van der Waals surface area contributed by atoms with Crippen molar-refractivity contribution in [3.05, 3.63) is 54.1 Å². The maximum absolute atomic E-state index is 12.4. The van der Waals surface area contributed by atoms with E-state index < -0.39 is 16.0 Å². The summed E-state index contributed by atoms with van der Waals surface area (Å²) in [7, 11) is -0.687. The molecule has 0 aromatic heterocycles. The monoisotopic (exact) mass is 305 g/mol. The molecule has 0 unspecified atom stereocenters. The number of benzene rings is 2. The van der Waals surface area contributed by atoms with Gasteiger partial charge in [-0.05, 0) is 23.8 Å². The van der Waals surface area contributed by atoms with Gasteiger partial charge in [-0.15, -0.1) is 0 Å². The quantitative estimate of drug-likeness (QED) is 0.940. The molecule has 2 rings (SSSR count). The van der Waals surface area contributed by atoms with Crippen molar-refractivity contribution in [1.82, 2.24) is 4.31 Å². The first-order valence-corrected chi connectivity index (χ1v) is 7.63. The summed E-state index contributed by atoms with van der Waals surface area (Å²) in [6.07, 6.45) is 0. The molecule has 6 heteroatoms. The summed E-state index contributed by atoms with van der Waals surface area (Å²) in [5.74, 6) is -1.05. The minimum Gasteiger partial charge on any atom is -0.478 e. The lowest BCUT2D eigenvalue weighted by Gasteiger charge is -2.15. The van der Waals surface area contributed by atoms with E-state index in [4.69, 9.17) is 5.11 Å². The predicted molar refractivity (Wildman–Crippen MR) is 79.7 cm³/mol. The Morgan fingerprint density at radius 3 is 2.33 bits per heavy atom. The molecule has 0 saturated heterocycles. The summed E-state index contributed by atoms with van der Waals surface area (Å²) in [5.41, 5.74) is 1.15. The van der Waals surface area contributed by atoms with Crippen molar-refractivity contribution in [3.8, 4) is 11.1 Å². The zero-order chi connectivity index (χ0) is 15.6. The van der Waals surface area contributed by atoms with Gasteiger partial charge in [-0.1, -0.05) is 30.3 Å². The second kappa shape index (κ2) is 5.67. The summed E-state index contributed by atoms with van der Waals surface area (Å²) in [5, 5.41) is 9.05. The van der Waals surface area contributed by atoms with Gasteiger partial charge in [0, 0.05) is 19.7 Å². The number of hydrogen-bond donors (Lipinski definition) is 1. The van der Waals surface area contributed by atoms with Crippen LogP contribution in [0.15, 0.2) is 53.4 Å². The Hall–Kier alpha value is -2.18. The summed E-state index contributed by atoms with van der Waals surface area (Å²) in [6, 6.07) is 12.8. The van der Waals surface area contributed by atoms with Crippen LogP contribution in [0.25, 0.3) is 11.1 Å². The van der Waals surface area contributed by atoms with E-state index in [1.54, 1.807) is 30.3 Å². The van der Waals surface area contributed by atoms with E-state index in [0.29, 0.717) is 11.1 Å². The van der Waals surface area contributed by atoms with Crippen molar-refractivity contribution in [2.24, 2.45) is 0 Å². The van der Waals surface area contributed by atoms with Gasteiger partial charge in [-0.2, -0.15) is 0 Å². The molecule has 5 nitrogen and oxygen atoms in total. The molecule has 110 valence electrons. The smallest absolute Gasteiger partial charge is 0.335 e. The number of aromatic carboxylic acids is 1. The van der Waals surface area contributed by atoms with E-state index in [2.05, 4.69) is 0 Å². The number of carboxylic acids is 1. The minimum absolute atomic E-state index is 0.115. The molecule has 2 aromatic carbocycles. The second-order valence-electron chi connectivity index (χ2n) is 4.67. The van der Waals surface area contributed by atoms with E-state index in [-0.39, 0.29) is 10.5 Å². The molecule has 0 aliphatic heterocycles. The molecule has 0 aliphatic carbocycles. The van der Waals surface area contributed by atoms with E-state index >= 15 is 0 Å². The minimum atomic E-state index is -3.60. The number of nitrogens with zero attached hydrogens (tertiary/aromatic N) is 1. The topological polar surface area (TPSA) is 74.7 Å². The van der Waals surface area contributed by atoms with Crippen molar-refractivity contribution in [2.75, 3.05) is 14.1 Å². The molecule has 0 atom stereocenters. The van der Waals surface area contributed by atoms with Gasteiger partial charge in [0.2, 0.25) is 10.0 Å². The van der Waals surface area contributed by atoms with Crippen molar-refractivity contribution in [2.45, 2.75) is 4.90 Å². The SMILES string of the molecule is CN(C)S(=O)(=O)c1ccccc1-c1cccc(C(=O)O)c1. The average molecular weight is 305 g/mol. The van der Waals surface area contributed by atoms with Crippen LogP contribution in [0.4, 0.5) is 0 Å². The standard InChI is InChI=1S/C15H15NO4S/c1-16(2)21(19,20)14-9-4-3-8-13(14)11-6-5-7-12(10-11)15(17)18/h3-10H,1-2H3,(H,17,18). The number of rotatable bonds is 4. The Morgan fingerprint density at radius 2 is 1.71 bits per heavy atom. The third-order valence-corrected chi connectivity index (χ3v) is 4.94. The first-order valence-electron chi connectivity index (χ1n) is 6.19. The highest BCUT2D eigenvalue weighted by molar-refractivity contribution is 7.89. The third-order valence-electron chi connectivity index (χ3n) is 3.07. The van der Waals surface area contributed by atoms with Crippen molar-refractivity contribution < 1.29 is 18.3 Å². The highest BCUT2D eigenvalue weighted by Gasteiger charge is 2.21. The van der Waals surface area contributed by atoms with Crippen molar-refractivity contribution in [3.63, 3.8) is 0 Å². The molecule has 1 N–H and O–H groups in total. The molecule has 0 fully saturated rings. The fourth-order valence-electron chi connectivity index (χ4n) is 1.95. The van der Waals surface area contributed by atoms with Crippen LogP contribution in [0.1, 0.15) is 10.4 Å². The maximum atomic E-state index is 12.4. The van der Waals surface area contributed by atoms with Gasteiger partial charge >= 0.3 is 5.97 Å². The van der Waals surface area contributed by atoms with Crippen LogP contribution >= 0.6 is 0 Å². The fourth-order valence-corrected chi connectivity index (χ4v) is 3.05. The molecule has 0 heterocycles. The van der Waals surface area contributed by atoms with Crippen LogP contribution in [0.2, 0.25) is 0 Å². The highest BCUT2D eigenvalue weighted by atomic mass is 32.2. The van der Waals surface area contributed by atoms with Gasteiger partial charge < -0.3 is 5.11 Å². The molecule has 0 saturated carbocycles. The largest absolute Gasteiger partial charge is 0.478 e. The second-order valence-corrected chi connectivity index (χ2v) is 6.79. The van der Waals surface area contributed by atoms with Gasteiger partial charge in [0.1, 0.15) is 0 Å². The van der Waals surface area contributed by atoms with Gasteiger partial charge in [0.25, 0.3) is 0 Å².